The minimum Gasteiger partial charge on any atom is -0.505 e. The van der Waals surface area contributed by atoms with Crippen molar-refractivity contribution in [3.63, 3.8) is 0 Å². The second-order valence-electron chi connectivity index (χ2n) is 6.14. The van der Waals surface area contributed by atoms with Crippen LogP contribution in [0.2, 0.25) is 0 Å². The van der Waals surface area contributed by atoms with E-state index in [1.807, 2.05) is 64.3 Å². The third-order valence-corrected chi connectivity index (χ3v) is 3.88. The monoisotopic (exact) mass is 866 g/mol. The number of hydrogen-bond acceptors (Lipinski definition) is 7. The van der Waals surface area contributed by atoms with Crippen molar-refractivity contribution in [1.29, 1.82) is 1.43 Å². The number of carbonyl (C=O) groups is 1. The quantitative estimate of drug-likeness (QED) is 0.0615. The Hall–Kier alpha value is 0.654. The smallest absolute Gasteiger partial charge is 0.505 e. The van der Waals surface area contributed by atoms with Crippen LogP contribution in [0.25, 0.3) is 1.43 Å². The van der Waals surface area contributed by atoms with Gasteiger partial charge < -0.3 is 19.1 Å². The molecule has 0 saturated heterocycles. The number of carbonyl (C=O) groups excluding carboxylic acids is 1. The van der Waals surface area contributed by atoms with Crippen LogP contribution in [0.1, 0.15) is 11.1 Å². The maximum atomic E-state index is 9.25. The predicted molar refractivity (Wildman–Crippen MR) is 140 cm³/mol. The first-order valence-corrected chi connectivity index (χ1v) is 12.0. The van der Waals surface area contributed by atoms with Crippen molar-refractivity contribution in [3.05, 3.63) is 104 Å². The molecule has 0 unspecified atom stereocenters. The summed E-state index contributed by atoms with van der Waals surface area (Å²) in [6, 6.07) is 20.2. The number of methoxy groups -OCH3 is 1. The second kappa shape index (κ2) is 29.6. The molecule has 0 atom stereocenters. The minimum atomic E-state index is 0. The second-order valence-corrected chi connectivity index (χ2v) is 6.14. The van der Waals surface area contributed by atoms with Gasteiger partial charge in [0.2, 0.25) is 0 Å². The van der Waals surface area contributed by atoms with Gasteiger partial charge in [0, 0.05) is 0 Å². The van der Waals surface area contributed by atoms with Crippen LogP contribution in [0.4, 0.5) is 4.39 Å². The fraction of sp³-hybridized carbons (Fsp3) is 0.167. The third kappa shape index (κ3) is 21.1. The zero-order valence-electron chi connectivity index (χ0n) is 22.4. The van der Waals surface area contributed by atoms with Crippen molar-refractivity contribution in [2.24, 2.45) is 0 Å². The van der Waals surface area contributed by atoms with Crippen LogP contribution in [-0.4, -0.2) is 48.4 Å². The Morgan fingerprint density at radius 2 is 1.41 bits per heavy atom. The van der Waals surface area contributed by atoms with Crippen LogP contribution in [0.3, 0.4) is 0 Å². The largest absolute Gasteiger partial charge is 1.00 e. The number of rotatable bonds is 7. The van der Waals surface area contributed by atoms with Crippen molar-refractivity contribution in [2.45, 2.75) is 13.1 Å². The fourth-order valence-electron chi connectivity index (χ4n) is 2.52. The predicted octanol–water partition coefficient (Wildman–Crippen LogP) is -0.984. The van der Waals surface area contributed by atoms with Gasteiger partial charge in [-0.1, -0.05) is 83.3 Å². The first-order chi connectivity index (χ1) is 17.6. The average Bonchev–Trinajstić information content (AvgIpc) is 3.57. The number of aromatic nitrogens is 4. The summed E-state index contributed by atoms with van der Waals surface area (Å²) in [5, 5.41) is 20.3. The molecule has 9 nitrogen and oxygen atoms in total. The van der Waals surface area contributed by atoms with Crippen molar-refractivity contribution in [3.8, 4) is 11.5 Å². The van der Waals surface area contributed by atoms with E-state index >= 15 is 0 Å². The molecule has 0 aliphatic carbocycles. The number of halogens is 2. The summed E-state index contributed by atoms with van der Waals surface area (Å²) in [5.41, 5.74) is 2.41. The molecule has 2 N–H and O–H groups in total. The molecule has 0 saturated carbocycles. The molecule has 0 spiro atoms. The molecule has 2 aromatic heterocycles. The van der Waals surface area contributed by atoms with Gasteiger partial charge in [-0.3, -0.25) is 14.2 Å². The van der Waals surface area contributed by atoms with Gasteiger partial charge in [-0.2, -0.15) is 17.4 Å². The van der Waals surface area contributed by atoms with E-state index in [0.717, 1.165) is 12.3 Å². The van der Waals surface area contributed by atoms with E-state index in [-0.39, 0.29) is 150 Å². The molecule has 13 heteroatoms. The first-order valence-electron chi connectivity index (χ1n) is 10.3. The number of ether oxygens (including phenoxy) is 1. The van der Waals surface area contributed by atoms with Crippen LogP contribution in [0, 0.1) is 7.18 Å². The fourth-order valence-corrected chi connectivity index (χ4v) is 2.52. The van der Waals surface area contributed by atoms with Gasteiger partial charge in [0.1, 0.15) is 0 Å². The first kappa shape index (κ1) is 39.8. The van der Waals surface area contributed by atoms with E-state index in [0.29, 0.717) is 6.54 Å². The van der Waals surface area contributed by atoms with Crippen molar-refractivity contribution in [2.75, 3.05) is 12.0 Å². The van der Waals surface area contributed by atoms with Gasteiger partial charge in [-0.05, 0) is 16.1 Å². The number of alkyl halides is 1. The van der Waals surface area contributed by atoms with Crippen molar-refractivity contribution >= 4 is 29.1 Å². The van der Waals surface area contributed by atoms with E-state index in [1.165, 1.54) is 17.3 Å². The number of nitrogens with zero attached hydrogens (tertiary/aromatic N) is 4. The standard InChI is InChI=1S/C11H12N2O.C10H10N2O.CH2F.CH3I.CH2O3.2Cs/c1-14-11-7-12-13(9-11)8-10-5-3-2-4-6-10;13-10-6-11-12(8-10)7-9-4-2-1-3-5-9;2*1-2;2-1-4-3;;/h2-7,9H,8H2,1H3;1-6,8,13H,7H2;1H2;1H3;1,3H;;/q;;-1;;;2*+1/i/hD. The summed E-state index contributed by atoms with van der Waals surface area (Å²) in [5.74, 6) is 0.997. The summed E-state index contributed by atoms with van der Waals surface area (Å²) >= 11 is 2.15. The molecule has 37 heavy (non-hydrogen) atoms. The van der Waals surface area contributed by atoms with Gasteiger partial charge >= 0.3 is 144 Å². The molecule has 0 radical (unpaired) electrons. The summed E-state index contributed by atoms with van der Waals surface area (Å²) in [4.78, 5) is 14.2. The summed E-state index contributed by atoms with van der Waals surface area (Å²) < 4.78 is 23.5. The minimum absolute atomic E-state index is 0. The van der Waals surface area contributed by atoms with E-state index in [4.69, 9.17) is 16.1 Å². The molecule has 0 amide bonds. The van der Waals surface area contributed by atoms with Gasteiger partial charge in [-0.15, -0.1) is 0 Å². The number of aromatic hydroxyl groups is 1. The van der Waals surface area contributed by atoms with Crippen LogP contribution in [0.5, 0.6) is 11.5 Å². The molecular formula is C24H29Cs2FIN4O5+. The average molecular weight is 866 g/mol. The molecule has 0 aliphatic heterocycles. The Kier molecular flexibility index (Phi) is 31.9. The molecule has 4 rings (SSSR count). The van der Waals surface area contributed by atoms with Gasteiger partial charge in [0.05, 0.1) is 45.0 Å². The molecule has 190 valence electrons. The van der Waals surface area contributed by atoms with Crippen LogP contribution < -0.4 is 143 Å². The Morgan fingerprint density at radius 1 is 0.946 bits per heavy atom. The summed E-state index contributed by atoms with van der Waals surface area (Å²) in [7, 11) is 3.39. The number of hydrogen-bond donors (Lipinski definition) is 2. The molecule has 2 aromatic carbocycles. The van der Waals surface area contributed by atoms with E-state index in [1.54, 1.807) is 31.4 Å². The topological polar surface area (TPSA) is 112 Å². The molecule has 0 fully saturated rings. The molecule has 2 heterocycles. The van der Waals surface area contributed by atoms with E-state index < -0.39 is 0 Å². The van der Waals surface area contributed by atoms with Gasteiger partial charge in [0.15, 0.2) is 11.5 Å². The third-order valence-electron chi connectivity index (χ3n) is 3.88. The molecular weight excluding hydrogens is 836 g/mol. The zero-order chi connectivity index (χ0) is 27.0. The maximum absolute atomic E-state index is 9.25. The van der Waals surface area contributed by atoms with Crippen LogP contribution in [0.15, 0.2) is 85.5 Å². The van der Waals surface area contributed by atoms with E-state index in [9.17, 15) is 4.39 Å². The van der Waals surface area contributed by atoms with Crippen molar-refractivity contribution in [1.82, 2.24) is 19.6 Å². The normalized spacial score (nSPS) is 8.62. The van der Waals surface area contributed by atoms with Gasteiger partial charge in [0.25, 0.3) is 1.43 Å². The maximum Gasteiger partial charge on any atom is 1.00 e. The summed E-state index contributed by atoms with van der Waals surface area (Å²) in [6.45, 7) is 1.50. The molecule has 0 aliphatic rings. The Labute approximate surface area is 349 Å². The van der Waals surface area contributed by atoms with Crippen LogP contribution >= 0.6 is 22.6 Å². The van der Waals surface area contributed by atoms with Gasteiger partial charge in [-0.25, -0.2) is 5.26 Å². The Bertz CT molecular complexity index is 1050. The number of benzene rings is 2. The summed E-state index contributed by atoms with van der Waals surface area (Å²) in [6.07, 6.45) is 6.63. The molecule has 4 aromatic rings. The Balaban J connectivity index is -0.000000477. The Morgan fingerprint density at radius 3 is 1.73 bits per heavy atom. The zero-order valence-corrected chi connectivity index (χ0v) is 36.1. The van der Waals surface area contributed by atoms with E-state index in [2.05, 4.69) is 55.1 Å². The van der Waals surface area contributed by atoms with Crippen LogP contribution in [-0.2, 0) is 22.8 Å². The SMILES string of the molecule is CI.COc1cnn(Cc2ccccc2)c1.Oc1cnn(Cc2ccccc2)c1.[2H]OOC=O.[CH2-]F.[Cs+].[Cs+]. The van der Waals surface area contributed by atoms with Crippen molar-refractivity contribution < 1.29 is 167 Å². The molecule has 0 bridgehead atoms.